The fourth-order valence-electron chi connectivity index (χ4n) is 1.75. The smallest absolute Gasteiger partial charge is 0.335 e. The van der Waals surface area contributed by atoms with Crippen LogP contribution >= 0.6 is 12.2 Å². The molecule has 0 aliphatic rings. The second kappa shape index (κ2) is 22.8. The van der Waals surface area contributed by atoms with E-state index in [1.54, 1.807) is 12.2 Å². The van der Waals surface area contributed by atoms with E-state index in [0.717, 1.165) is 37.4 Å². The van der Waals surface area contributed by atoms with Gasteiger partial charge in [-0.3, -0.25) is 0 Å². The lowest BCUT2D eigenvalue weighted by Crippen LogP contribution is -2.38. The van der Waals surface area contributed by atoms with E-state index in [-0.39, 0.29) is 0 Å². The maximum Gasteiger partial charge on any atom is 0.335 e. The SMILES string of the molecule is C=CC(=O)O/C(C=C)=C(C=C)/C=C\C.CCN(CC)CCNC(=S)NC.CN. The van der Waals surface area contributed by atoms with Crippen LogP contribution in [0.5, 0.6) is 0 Å². The van der Waals surface area contributed by atoms with E-state index in [1.807, 2.05) is 20.0 Å². The van der Waals surface area contributed by atoms with Gasteiger partial charge in [-0.05, 0) is 45.4 Å². The van der Waals surface area contributed by atoms with Gasteiger partial charge in [0.1, 0.15) is 5.76 Å². The first-order valence-electron chi connectivity index (χ1n) is 9.15. The maximum atomic E-state index is 10.9. The van der Waals surface area contributed by atoms with Gasteiger partial charge in [-0.1, -0.05) is 51.8 Å². The number of thiocarbonyl (C=S) groups is 1. The van der Waals surface area contributed by atoms with Crippen molar-refractivity contribution in [3.05, 3.63) is 61.4 Å². The second-order valence-corrected chi connectivity index (χ2v) is 5.29. The molecule has 0 amide bonds. The highest BCUT2D eigenvalue weighted by Gasteiger charge is 2.02. The third-order valence-electron chi connectivity index (χ3n) is 3.25. The van der Waals surface area contributed by atoms with Gasteiger partial charge in [0.25, 0.3) is 0 Å². The molecule has 160 valence electrons. The number of carbonyl (C=O) groups is 1. The molecule has 6 nitrogen and oxygen atoms in total. The largest absolute Gasteiger partial charge is 0.423 e. The van der Waals surface area contributed by atoms with Crippen LogP contribution < -0.4 is 16.4 Å². The minimum Gasteiger partial charge on any atom is -0.423 e. The predicted octanol–water partition coefficient (Wildman–Crippen LogP) is 2.91. The fourth-order valence-corrected chi connectivity index (χ4v) is 1.86. The first kappa shape index (κ1) is 30.5. The van der Waals surface area contributed by atoms with Gasteiger partial charge in [-0.15, -0.1) is 0 Å². The predicted molar refractivity (Wildman–Crippen MR) is 126 cm³/mol. The van der Waals surface area contributed by atoms with Crippen molar-refractivity contribution in [3.8, 4) is 0 Å². The summed E-state index contributed by atoms with van der Waals surface area (Å²) in [5.41, 5.74) is 5.21. The summed E-state index contributed by atoms with van der Waals surface area (Å²) in [5.74, 6) is -0.133. The van der Waals surface area contributed by atoms with Gasteiger partial charge in [-0.2, -0.15) is 0 Å². The molecule has 0 saturated heterocycles. The summed E-state index contributed by atoms with van der Waals surface area (Å²) in [4.78, 5) is 13.3. The van der Waals surface area contributed by atoms with Gasteiger partial charge in [0.2, 0.25) is 0 Å². The zero-order chi connectivity index (χ0) is 22.4. The summed E-state index contributed by atoms with van der Waals surface area (Å²) in [7, 11) is 3.33. The van der Waals surface area contributed by atoms with Gasteiger partial charge < -0.3 is 26.0 Å². The van der Waals surface area contributed by atoms with Crippen molar-refractivity contribution in [1.29, 1.82) is 0 Å². The maximum absolute atomic E-state index is 10.9. The first-order chi connectivity index (χ1) is 13.4. The Morgan fingerprint density at radius 3 is 2.07 bits per heavy atom. The zero-order valence-corrected chi connectivity index (χ0v) is 18.9. The third kappa shape index (κ3) is 17.2. The molecule has 4 N–H and O–H groups in total. The van der Waals surface area contributed by atoms with Crippen molar-refractivity contribution < 1.29 is 9.53 Å². The molecule has 0 aliphatic heterocycles. The normalized spacial score (nSPS) is 10.4. The minimum atomic E-state index is -0.510. The molecule has 0 saturated carbocycles. The lowest BCUT2D eigenvalue weighted by Gasteiger charge is -2.18. The van der Waals surface area contributed by atoms with Gasteiger partial charge >= 0.3 is 5.97 Å². The molecule has 0 radical (unpaired) electrons. The van der Waals surface area contributed by atoms with E-state index in [2.05, 4.69) is 54.9 Å². The molecule has 0 rings (SSSR count). The number of rotatable bonds is 10. The van der Waals surface area contributed by atoms with Crippen LogP contribution in [0.15, 0.2) is 61.4 Å². The quantitative estimate of drug-likeness (QED) is 0.168. The lowest BCUT2D eigenvalue weighted by molar-refractivity contribution is -0.133. The molecule has 0 aromatic rings. The van der Waals surface area contributed by atoms with Crippen LogP contribution in [0.3, 0.4) is 0 Å². The van der Waals surface area contributed by atoms with E-state index < -0.39 is 5.97 Å². The minimum absolute atomic E-state index is 0.378. The Labute approximate surface area is 176 Å². The molecular formula is C21H38N4O2S. The number of hydrogen-bond donors (Lipinski definition) is 3. The van der Waals surface area contributed by atoms with Crippen molar-refractivity contribution in [3.63, 3.8) is 0 Å². The highest BCUT2D eigenvalue weighted by atomic mass is 32.1. The summed E-state index contributed by atoms with van der Waals surface area (Å²) < 4.78 is 4.94. The number of ether oxygens (including phenoxy) is 1. The Bertz CT molecular complexity index is 524. The van der Waals surface area contributed by atoms with E-state index in [9.17, 15) is 4.79 Å². The highest BCUT2D eigenvalue weighted by Crippen LogP contribution is 2.10. The summed E-state index contributed by atoms with van der Waals surface area (Å²) in [6.45, 7) is 20.8. The van der Waals surface area contributed by atoms with Gasteiger partial charge in [0, 0.05) is 31.8 Å². The van der Waals surface area contributed by atoms with Crippen molar-refractivity contribution in [1.82, 2.24) is 15.5 Å². The molecule has 0 aromatic heterocycles. The Morgan fingerprint density at radius 2 is 1.71 bits per heavy atom. The molecule has 7 heteroatoms. The molecule has 0 spiro atoms. The number of hydrogen-bond acceptors (Lipinski definition) is 5. The lowest BCUT2D eigenvalue weighted by atomic mass is 10.2. The number of esters is 1. The number of allylic oxidation sites excluding steroid dienone is 5. The van der Waals surface area contributed by atoms with Crippen molar-refractivity contribution in [2.75, 3.05) is 40.3 Å². The zero-order valence-electron chi connectivity index (χ0n) is 18.1. The summed E-state index contributed by atoms with van der Waals surface area (Å²) in [6.07, 6.45) is 7.74. The van der Waals surface area contributed by atoms with Crippen LogP contribution in [0, 0.1) is 0 Å². The number of nitrogens with one attached hydrogen (secondary N) is 2. The van der Waals surface area contributed by atoms with Crippen LogP contribution in [-0.4, -0.2) is 56.3 Å². The van der Waals surface area contributed by atoms with Crippen molar-refractivity contribution in [2.24, 2.45) is 5.73 Å². The number of nitrogens with two attached hydrogens (primary N) is 1. The summed E-state index contributed by atoms with van der Waals surface area (Å²) in [5, 5.41) is 6.71. The summed E-state index contributed by atoms with van der Waals surface area (Å²) >= 11 is 4.94. The molecule has 0 heterocycles. The highest BCUT2D eigenvalue weighted by molar-refractivity contribution is 7.80. The van der Waals surface area contributed by atoms with E-state index in [0.29, 0.717) is 11.3 Å². The average molecular weight is 411 g/mol. The van der Waals surface area contributed by atoms with Gasteiger partial charge in [0.05, 0.1) is 0 Å². The van der Waals surface area contributed by atoms with Gasteiger partial charge in [-0.25, -0.2) is 4.79 Å². The molecule has 0 atom stereocenters. The van der Waals surface area contributed by atoms with Crippen molar-refractivity contribution in [2.45, 2.75) is 20.8 Å². The van der Waals surface area contributed by atoms with Crippen LogP contribution in [0.2, 0.25) is 0 Å². The Kier molecular flexibility index (Phi) is 24.9. The van der Waals surface area contributed by atoms with Gasteiger partial charge in [0.15, 0.2) is 5.11 Å². The first-order valence-corrected chi connectivity index (χ1v) is 9.56. The molecule has 0 fully saturated rings. The number of carbonyl (C=O) groups excluding carboxylic acids is 1. The van der Waals surface area contributed by atoms with Crippen LogP contribution in [0.4, 0.5) is 0 Å². The molecule has 0 aromatic carbocycles. The topological polar surface area (TPSA) is 79.6 Å². The standard InChI is InChI=1S/C12H14O2.C8H19N3S.CH5N/c1-5-9-10(6-2)11(7-3)14-12(13)8-4;1-4-11(5-2)7-6-10-8(12)9-3;1-2/h5-9H,2-4H2,1H3;4-7H2,1-3H3,(H2,9,10,12);2H2,1H3/b9-5-,11-10+;;. The number of nitrogens with zero attached hydrogens (tertiary/aromatic N) is 1. The van der Waals surface area contributed by atoms with Crippen LogP contribution in [0.25, 0.3) is 0 Å². The monoisotopic (exact) mass is 410 g/mol. The summed E-state index contributed by atoms with van der Waals surface area (Å²) in [6, 6.07) is 0. The number of likely N-dealkylation sites (N-methyl/N-ethyl adjacent to an activating group) is 1. The average Bonchev–Trinajstić information content (AvgIpc) is 2.75. The van der Waals surface area contributed by atoms with E-state index >= 15 is 0 Å². The van der Waals surface area contributed by atoms with Crippen molar-refractivity contribution >= 4 is 23.3 Å². The molecule has 0 bridgehead atoms. The van der Waals surface area contributed by atoms with E-state index in [1.165, 1.54) is 13.1 Å². The van der Waals surface area contributed by atoms with Crippen LogP contribution in [-0.2, 0) is 9.53 Å². The molecule has 0 aliphatic carbocycles. The Morgan fingerprint density at radius 1 is 1.14 bits per heavy atom. The fraction of sp³-hybridized carbons (Fsp3) is 0.429. The molecule has 0 unspecified atom stereocenters. The third-order valence-corrected chi connectivity index (χ3v) is 3.60. The van der Waals surface area contributed by atoms with Crippen LogP contribution in [0.1, 0.15) is 20.8 Å². The Hall–Kier alpha value is -2.22. The van der Waals surface area contributed by atoms with E-state index in [4.69, 9.17) is 17.0 Å². The second-order valence-electron chi connectivity index (χ2n) is 4.89. The Balaban J connectivity index is -0.000000414. The molecular weight excluding hydrogens is 372 g/mol. The molecule has 28 heavy (non-hydrogen) atoms.